The highest BCUT2D eigenvalue weighted by Gasteiger charge is 2.52. The summed E-state index contributed by atoms with van der Waals surface area (Å²) in [5.41, 5.74) is 5.19. The smallest absolute Gasteiger partial charge is 0.0785 e. The minimum Gasteiger partial charge on any atom is -0.388 e. The van der Waals surface area contributed by atoms with Crippen molar-refractivity contribution in [2.45, 2.75) is 37.8 Å². The summed E-state index contributed by atoms with van der Waals surface area (Å²) in [4.78, 5) is 2.37. The summed E-state index contributed by atoms with van der Waals surface area (Å²) in [6.07, 6.45) is 2.31. The topological polar surface area (TPSA) is 49.5 Å². The lowest BCUT2D eigenvalue weighted by Crippen LogP contribution is -2.72. The lowest BCUT2D eigenvalue weighted by molar-refractivity contribution is -0.0946. The van der Waals surface area contributed by atoms with Crippen LogP contribution < -0.4 is 5.73 Å². The van der Waals surface area contributed by atoms with E-state index in [0.29, 0.717) is 5.92 Å². The third-order valence-electron chi connectivity index (χ3n) is 3.94. The summed E-state index contributed by atoms with van der Waals surface area (Å²) < 4.78 is 0. The van der Waals surface area contributed by atoms with Gasteiger partial charge in [-0.2, -0.15) is 0 Å². The predicted octanol–water partition coefficient (Wildman–Crippen LogP) is 0.180. The summed E-state index contributed by atoms with van der Waals surface area (Å²) in [5.74, 6) is 0.512. The zero-order chi connectivity index (χ0) is 9.69. The molecule has 0 spiro atoms. The molecule has 0 aromatic heterocycles. The highest BCUT2D eigenvalue weighted by atomic mass is 16.3. The number of rotatable bonds is 1. The van der Waals surface area contributed by atoms with E-state index in [1.54, 1.807) is 0 Å². The fourth-order valence-corrected chi connectivity index (χ4v) is 2.80. The molecule has 3 fully saturated rings. The quantitative estimate of drug-likeness (QED) is 0.611. The standard InChI is InChI=1S/C10H20N2O/c1-9(2,13)10(11)7-12-5-3-8(10)4-6-12/h8,13H,3-7,11H2,1-2H3. The van der Waals surface area contributed by atoms with Gasteiger partial charge < -0.3 is 15.7 Å². The van der Waals surface area contributed by atoms with Gasteiger partial charge in [-0.3, -0.25) is 0 Å². The van der Waals surface area contributed by atoms with Crippen molar-refractivity contribution in [3.63, 3.8) is 0 Å². The van der Waals surface area contributed by atoms with Crippen LogP contribution in [0.25, 0.3) is 0 Å². The Balaban J connectivity index is 2.24. The second kappa shape index (κ2) is 2.69. The maximum atomic E-state index is 10.1. The summed E-state index contributed by atoms with van der Waals surface area (Å²) >= 11 is 0. The SMILES string of the molecule is CC(C)(O)C1(N)CN2CCC1CC2. The molecule has 3 aliphatic heterocycles. The van der Waals surface area contributed by atoms with Gasteiger partial charge in [-0.05, 0) is 45.7 Å². The molecule has 3 heteroatoms. The van der Waals surface area contributed by atoms with E-state index >= 15 is 0 Å². The molecule has 0 radical (unpaired) electrons. The Morgan fingerprint density at radius 3 is 2.15 bits per heavy atom. The van der Waals surface area contributed by atoms with Gasteiger partial charge >= 0.3 is 0 Å². The predicted molar refractivity (Wildman–Crippen MR) is 52.4 cm³/mol. The maximum absolute atomic E-state index is 10.1. The minimum atomic E-state index is -0.753. The van der Waals surface area contributed by atoms with Crippen molar-refractivity contribution in [3.8, 4) is 0 Å². The first-order chi connectivity index (χ1) is 5.93. The first kappa shape index (κ1) is 9.44. The van der Waals surface area contributed by atoms with Gasteiger partial charge in [-0.15, -0.1) is 0 Å². The number of hydrogen-bond donors (Lipinski definition) is 2. The Bertz CT molecular complexity index is 203. The largest absolute Gasteiger partial charge is 0.388 e. The average molecular weight is 184 g/mol. The van der Waals surface area contributed by atoms with Crippen molar-refractivity contribution in [2.75, 3.05) is 19.6 Å². The Kier molecular flexibility index (Phi) is 1.95. The Morgan fingerprint density at radius 2 is 1.92 bits per heavy atom. The summed E-state index contributed by atoms with van der Waals surface area (Å²) in [5, 5.41) is 10.1. The van der Waals surface area contributed by atoms with Gasteiger partial charge in [0, 0.05) is 6.54 Å². The van der Waals surface area contributed by atoms with Crippen LogP contribution in [0.1, 0.15) is 26.7 Å². The summed E-state index contributed by atoms with van der Waals surface area (Å²) in [6.45, 7) is 6.88. The van der Waals surface area contributed by atoms with E-state index in [2.05, 4.69) is 4.90 Å². The van der Waals surface area contributed by atoms with Crippen LogP contribution in [-0.2, 0) is 0 Å². The number of nitrogens with zero attached hydrogens (tertiary/aromatic N) is 1. The molecule has 3 heterocycles. The van der Waals surface area contributed by atoms with E-state index in [-0.39, 0.29) is 5.54 Å². The van der Waals surface area contributed by atoms with Crippen LogP contribution in [0.5, 0.6) is 0 Å². The number of piperidine rings is 3. The third-order valence-corrected chi connectivity index (χ3v) is 3.94. The first-order valence-electron chi connectivity index (χ1n) is 5.17. The molecule has 0 aromatic carbocycles. The summed E-state index contributed by atoms with van der Waals surface area (Å²) in [6, 6.07) is 0. The molecule has 3 nitrogen and oxygen atoms in total. The normalized spacial score (nSPS) is 45.2. The zero-order valence-electron chi connectivity index (χ0n) is 8.58. The van der Waals surface area contributed by atoms with Gasteiger partial charge in [-0.1, -0.05) is 0 Å². The molecule has 0 saturated carbocycles. The molecule has 3 rings (SSSR count). The number of aliphatic hydroxyl groups is 1. The van der Waals surface area contributed by atoms with E-state index in [0.717, 1.165) is 19.4 Å². The number of fused-ring (bicyclic) bond motifs is 3. The van der Waals surface area contributed by atoms with Crippen molar-refractivity contribution in [1.29, 1.82) is 0 Å². The van der Waals surface area contributed by atoms with E-state index in [9.17, 15) is 5.11 Å². The van der Waals surface area contributed by atoms with E-state index in [1.807, 2.05) is 13.8 Å². The fourth-order valence-electron chi connectivity index (χ4n) is 2.80. The van der Waals surface area contributed by atoms with Crippen LogP contribution in [-0.4, -0.2) is 40.8 Å². The molecule has 3 N–H and O–H groups in total. The van der Waals surface area contributed by atoms with Crippen LogP contribution in [0.2, 0.25) is 0 Å². The number of nitrogens with two attached hydrogens (primary N) is 1. The maximum Gasteiger partial charge on any atom is 0.0785 e. The van der Waals surface area contributed by atoms with Gasteiger partial charge in [0.15, 0.2) is 0 Å². The highest BCUT2D eigenvalue weighted by Crippen LogP contribution is 2.39. The van der Waals surface area contributed by atoms with Crippen LogP contribution in [0.3, 0.4) is 0 Å². The lowest BCUT2D eigenvalue weighted by Gasteiger charge is -2.56. The van der Waals surface area contributed by atoms with E-state index < -0.39 is 5.60 Å². The molecule has 3 saturated heterocycles. The number of hydrogen-bond acceptors (Lipinski definition) is 3. The molecule has 0 amide bonds. The van der Waals surface area contributed by atoms with E-state index in [1.165, 1.54) is 13.1 Å². The first-order valence-corrected chi connectivity index (χ1v) is 5.17. The fraction of sp³-hybridized carbons (Fsp3) is 1.00. The second-order valence-electron chi connectivity index (χ2n) is 5.15. The van der Waals surface area contributed by atoms with Crippen LogP contribution in [0, 0.1) is 5.92 Å². The monoisotopic (exact) mass is 184 g/mol. The molecule has 13 heavy (non-hydrogen) atoms. The summed E-state index contributed by atoms with van der Waals surface area (Å²) in [7, 11) is 0. The van der Waals surface area contributed by atoms with Gasteiger partial charge in [0.05, 0.1) is 11.1 Å². The van der Waals surface area contributed by atoms with Gasteiger partial charge in [0.25, 0.3) is 0 Å². The van der Waals surface area contributed by atoms with Crippen molar-refractivity contribution in [2.24, 2.45) is 11.7 Å². The highest BCUT2D eigenvalue weighted by molar-refractivity contribution is 5.09. The second-order valence-corrected chi connectivity index (χ2v) is 5.15. The van der Waals surface area contributed by atoms with Crippen LogP contribution in [0.15, 0.2) is 0 Å². The lowest BCUT2D eigenvalue weighted by atomic mass is 9.65. The molecule has 0 aromatic rings. The average Bonchev–Trinajstić information content (AvgIpc) is 2.04. The van der Waals surface area contributed by atoms with E-state index in [4.69, 9.17) is 5.73 Å². The van der Waals surface area contributed by atoms with Gasteiger partial charge in [0.2, 0.25) is 0 Å². The molecule has 0 aliphatic carbocycles. The molecular weight excluding hydrogens is 164 g/mol. The third kappa shape index (κ3) is 1.30. The van der Waals surface area contributed by atoms with Crippen molar-refractivity contribution < 1.29 is 5.11 Å². The van der Waals surface area contributed by atoms with Gasteiger partial charge in [-0.25, -0.2) is 0 Å². The van der Waals surface area contributed by atoms with Crippen molar-refractivity contribution in [3.05, 3.63) is 0 Å². The minimum absolute atomic E-state index is 0.385. The van der Waals surface area contributed by atoms with Crippen molar-refractivity contribution in [1.82, 2.24) is 4.90 Å². The van der Waals surface area contributed by atoms with Crippen LogP contribution >= 0.6 is 0 Å². The molecule has 76 valence electrons. The molecule has 3 aliphatic rings. The Labute approximate surface area is 79.9 Å². The Morgan fingerprint density at radius 1 is 1.38 bits per heavy atom. The molecule has 2 bridgehead atoms. The molecule has 1 unspecified atom stereocenters. The zero-order valence-corrected chi connectivity index (χ0v) is 8.58. The molecule has 1 atom stereocenters. The van der Waals surface area contributed by atoms with Crippen LogP contribution in [0.4, 0.5) is 0 Å². The molecular formula is C10H20N2O. The Hall–Kier alpha value is -0.120. The van der Waals surface area contributed by atoms with Crippen molar-refractivity contribution >= 4 is 0 Å². The van der Waals surface area contributed by atoms with Gasteiger partial charge in [0.1, 0.15) is 0 Å².